The van der Waals surface area contributed by atoms with Gasteiger partial charge in [0.2, 0.25) is 0 Å². The third-order valence-corrected chi connectivity index (χ3v) is 3.56. The fraction of sp³-hybridized carbons (Fsp3) is 0.562. The van der Waals surface area contributed by atoms with Gasteiger partial charge in [-0.05, 0) is 25.0 Å². The smallest absolute Gasteiger partial charge is 0.294 e. The number of carbonyl (C=O) groups excluding carboxylic acids is 1. The minimum atomic E-state index is -5.02. The Kier molecular flexibility index (Phi) is 6.25. The molecular weight excluding hydrogens is 322 g/mol. The molecule has 0 N–H and O–H groups in total. The van der Waals surface area contributed by atoms with E-state index in [2.05, 4.69) is 0 Å². The molecule has 0 amide bonds. The van der Waals surface area contributed by atoms with Crippen molar-refractivity contribution in [2.45, 2.75) is 51.9 Å². The predicted octanol–water partition coefficient (Wildman–Crippen LogP) is 6.12. The summed E-state index contributed by atoms with van der Waals surface area (Å²) >= 11 is 0. The van der Waals surface area contributed by atoms with Gasteiger partial charge in [-0.3, -0.25) is 4.79 Å². The van der Waals surface area contributed by atoms with E-state index in [4.69, 9.17) is 0 Å². The molecule has 1 aromatic rings. The van der Waals surface area contributed by atoms with Crippen LogP contribution in [0.1, 0.15) is 61.0 Å². The second-order valence-corrected chi connectivity index (χ2v) is 5.39. The highest BCUT2D eigenvalue weighted by Crippen LogP contribution is 2.38. The highest BCUT2D eigenvalue weighted by molar-refractivity contribution is 5.99. The number of benzene rings is 1. The quantitative estimate of drug-likeness (QED) is 0.450. The Morgan fingerprint density at radius 1 is 0.957 bits per heavy atom. The molecule has 0 saturated heterocycles. The standard InChI is InChI=1S/C16H18F6O/c1-3-5-10(6-4-2)14(23)12-8-7-11(15(17,18)19)9-13(12)16(20,21)22/h7-10H,3-6H2,1-2H3. The van der Waals surface area contributed by atoms with E-state index < -0.39 is 40.7 Å². The number of carbonyl (C=O) groups is 1. The Bertz CT molecular complexity index is 538. The third-order valence-electron chi connectivity index (χ3n) is 3.56. The topological polar surface area (TPSA) is 17.1 Å². The van der Waals surface area contributed by atoms with Crippen LogP contribution >= 0.6 is 0 Å². The number of alkyl halides is 6. The molecule has 7 heteroatoms. The average molecular weight is 340 g/mol. The summed E-state index contributed by atoms with van der Waals surface area (Å²) in [7, 11) is 0. The zero-order chi connectivity index (χ0) is 17.8. The van der Waals surface area contributed by atoms with E-state index in [1.807, 2.05) is 0 Å². The van der Waals surface area contributed by atoms with Gasteiger partial charge in [0.1, 0.15) is 0 Å². The first-order valence-electron chi connectivity index (χ1n) is 7.35. The van der Waals surface area contributed by atoms with Crippen molar-refractivity contribution in [2.24, 2.45) is 5.92 Å². The summed E-state index contributed by atoms with van der Waals surface area (Å²) in [4.78, 5) is 12.4. The molecule has 0 heterocycles. The van der Waals surface area contributed by atoms with Crippen molar-refractivity contribution in [2.75, 3.05) is 0 Å². The van der Waals surface area contributed by atoms with Crippen LogP contribution in [0.2, 0.25) is 0 Å². The molecular formula is C16H18F6O. The Morgan fingerprint density at radius 2 is 1.48 bits per heavy atom. The summed E-state index contributed by atoms with van der Waals surface area (Å²) < 4.78 is 77.2. The van der Waals surface area contributed by atoms with E-state index in [0.717, 1.165) is 0 Å². The summed E-state index contributed by atoms with van der Waals surface area (Å²) in [6, 6.07) is 1.19. The average Bonchev–Trinajstić information content (AvgIpc) is 2.44. The van der Waals surface area contributed by atoms with Gasteiger partial charge in [-0.2, -0.15) is 26.3 Å². The highest BCUT2D eigenvalue weighted by Gasteiger charge is 2.40. The molecule has 0 saturated carbocycles. The molecule has 0 atom stereocenters. The van der Waals surface area contributed by atoms with Gasteiger partial charge in [-0.1, -0.05) is 32.8 Å². The largest absolute Gasteiger partial charge is 0.417 e. The fourth-order valence-electron chi connectivity index (χ4n) is 2.49. The van der Waals surface area contributed by atoms with Crippen LogP contribution in [0.4, 0.5) is 26.3 Å². The third kappa shape index (κ3) is 4.97. The molecule has 0 spiro atoms. The molecule has 1 rings (SSSR count). The first kappa shape index (κ1) is 19.5. The van der Waals surface area contributed by atoms with Crippen molar-refractivity contribution in [3.63, 3.8) is 0 Å². The monoisotopic (exact) mass is 340 g/mol. The van der Waals surface area contributed by atoms with Crippen LogP contribution in [0.15, 0.2) is 18.2 Å². The van der Waals surface area contributed by atoms with Crippen LogP contribution in [0.3, 0.4) is 0 Å². The summed E-state index contributed by atoms with van der Waals surface area (Å²) in [5, 5.41) is 0. The lowest BCUT2D eigenvalue weighted by Gasteiger charge is -2.19. The summed E-state index contributed by atoms with van der Waals surface area (Å²) in [6.45, 7) is 3.60. The molecule has 0 unspecified atom stereocenters. The molecule has 0 aliphatic rings. The van der Waals surface area contributed by atoms with Crippen LogP contribution in [-0.2, 0) is 12.4 Å². The number of hydrogen-bond acceptors (Lipinski definition) is 1. The predicted molar refractivity (Wildman–Crippen MR) is 74.1 cm³/mol. The summed E-state index contributed by atoms with van der Waals surface area (Å²) in [5.74, 6) is -1.35. The SMILES string of the molecule is CCCC(CCC)C(=O)c1ccc(C(F)(F)F)cc1C(F)(F)F. The normalized spacial score (nSPS) is 12.7. The molecule has 0 bridgehead atoms. The molecule has 23 heavy (non-hydrogen) atoms. The van der Waals surface area contributed by atoms with E-state index in [-0.39, 0.29) is 6.07 Å². The molecule has 0 aliphatic carbocycles. The minimum Gasteiger partial charge on any atom is -0.294 e. The molecule has 1 nitrogen and oxygen atoms in total. The van der Waals surface area contributed by atoms with Crippen LogP contribution < -0.4 is 0 Å². The second-order valence-electron chi connectivity index (χ2n) is 5.39. The van der Waals surface area contributed by atoms with Crippen molar-refractivity contribution in [1.29, 1.82) is 0 Å². The fourth-order valence-corrected chi connectivity index (χ4v) is 2.49. The molecule has 0 radical (unpaired) electrons. The Labute approximate surface area is 130 Å². The van der Waals surface area contributed by atoms with Crippen LogP contribution in [0.5, 0.6) is 0 Å². The maximum Gasteiger partial charge on any atom is 0.417 e. The number of Topliss-reactive ketones (excluding diaryl/α,β-unsaturated/α-hetero) is 1. The number of ketones is 1. The van der Waals surface area contributed by atoms with E-state index >= 15 is 0 Å². The Balaban J connectivity index is 3.37. The van der Waals surface area contributed by atoms with Gasteiger partial charge in [0.05, 0.1) is 11.1 Å². The molecule has 1 aromatic carbocycles. The summed E-state index contributed by atoms with van der Waals surface area (Å²) in [6.07, 6.45) is -7.88. The second kappa shape index (κ2) is 7.36. The zero-order valence-corrected chi connectivity index (χ0v) is 12.8. The van der Waals surface area contributed by atoms with E-state index in [9.17, 15) is 31.1 Å². The van der Waals surface area contributed by atoms with Gasteiger partial charge >= 0.3 is 12.4 Å². The van der Waals surface area contributed by atoms with Crippen LogP contribution in [0, 0.1) is 5.92 Å². The number of halogens is 6. The molecule has 0 aromatic heterocycles. The minimum absolute atomic E-state index is 0.0161. The maximum absolute atomic E-state index is 13.1. The summed E-state index contributed by atoms with van der Waals surface area (Å²) in [5.41, 5.74) is -3.61. The molecule has 0 aliphatic heterocycles. The number of hydrogen-bond donors (Lipinski definition) is 0. The molecule has 130 valence electrons. The van der Waals surface area contributed by atoms with Gasteiger partial charge in [0, 0.05) is 11.5 Å². The highest BCUT2D eigenvalue weighted by atomic mass is 19.4. The molecule has 0 fully saturated rings. The van der Waals surface area contributed by atoms with Crippen molar-refractivity contribution >= 4 is 5.78 Å². The first-order chi connectivity index (χ1) is 10.5. The van der Waals surface area contributed by atoms with Gasteiger partial charge in [0.15, 0.2) is 5.78 Å². The van der Waals surface area contributed by atoms with E-state index in [0.29, 0.717) is 37.8 Å². The Hall–Kier alpha value is -1.53. The van der Waals surface area contributed by atoms with Crippen molar-refractivity contribution in [3.05, 3.63) is 34.9 Å². The first-order valence-corrected chi connectivity index (χ1v) is 7.35. The van der Waals surface area contributed by atoms with Gasteiger partial charge in [-0.15, -0.1) is 0 Å². The van der Waals surface area contributed by atoms with Gasteiger partial charge < -0.3 is 0 Å². The number of rotatable bonds is 6. The zero-order valence-electron chi connectivity index (χ0n) is 12.8. The Morgan fingerprint density at radius 3 is 1.87 bits per heavy atom. The van der Waals surface area contributed by atoms with E-state index in [1.165, 1.54) is 0 Å². The maximum atomic E-state index is 13.1. The lowest BCUT2D eigenvalue weighted by Crippen LogP contribution is -2.21. The van der Waals surface area contributed by atoms with Gasteiger partial charge in [-0.25, -0.2) is 0 Å². The van der Waals surface area contributed by atoms with E-state index in [1.54, 1.807) is 13.8 Å². The van der Waals surface area contributed by atoms with Crippen molar-refractivity contribution < 1.29 is 31.1 Å². The van der Waals surface area contributed by atoms with Crippen LogP contribution in [0.25, 0.3) is 0 Å². The van der Waals surface area contributed by atoms with Gasteiger partial charge in [0.25, 0.3) is 0 Å². The lowest BCUT2D eigenvalue weighted by molar-refractivity contribution is -0.143. The van der Waals surface area contributed by atoms with Crippen molar-refractivity contribution in [1.82, 2.24) is 0 Å². The van der Waals surface area contributed by atoms with Crippen LogP contribution in [-0.4, -0.2) is 5.78 Å². The van der Waals surface area contributed by atoms with Crippen molar-refractivity contribution in [3.8, 4) is 0 Å². The lowest BCUT2D eigenvalue weighted by atomic mass is 9.87.